The first-order valence-corrected chi connectivity index (χ1v) is 11.0. The molecule has 154 valence electrons. The second kappa shape index (κ2) is 9.70. The molecule has 0 heterocycles. The third kappa shape index (κ3) is 7.32. The van der Waals surface area contributed by atoms with Crippen molar-refractivity contribution in [3.8, 4) is 0 Å². The summed E-state index contributed by atoms with van der Waals surface area (Å²) in [5, 5.41) is 12.8. The van der Waals surface area contributed by atoms with Gasteiger partial charge in [0.25, 0.3) is 0 Å². The minimum absolute atomic E-state index is 0.0712. The summed E-state index contributed by atoms with van der Waals surface area (Å²) in [6, 6.07) is 6.59. The van der Waals surface area contributed by atoms with Gasteiger partial charge >= 0.3 is 0 Å². The van der Waals surface area contributed by atoms with E-state index in [4.69, 9.17) is 0 Å². The van der Waals surface area contributed by atoms with Gasteiger partial charge < -0.3 is 15.3 Å². The molecule has 1 aliphatic rings. The Labute approximate surface area is 165 Å². The van der Waals surface area contributed by atoms with Gasteiger partial charge in [0.1, 0.15) is 0 Å². The lowest BCUT2D eigenvalue weighted by Crippen LogP contribution is -2.42. The van der Waals surface area contributed by atoms with E-state index in [0.717, 1.165) is 19.1 Å². The van der Waals surface area contributed by atoms with Crippen molar-refractivity contribution in [3.63, 3.8) is 0 Å². The lowest BCUT2D eigenvalue weighted by Gasteiger charge is -2.22. The van der Waals surface area contributed by atoms with Crippen LogP contribution in [0.2, 0.25) is 0 Å². The second-order valence-corrected chi connectivity index (χ2v) is 8.79. The maximum Gasteiger partial charge on any atom is 0.229 e. The van der Waals surface area contributed by atoms with Crippen LogP contribution in [0, 0.1) is 5.92 Å². The summed E-state index contributed by atoms with van der Waals surface area (Å²) in [5.74, 6) is -0.475. The zero-order valence-electron chi connectivity index (χ0n) is 16.1. The van der Waals surface area contributed by atoms with Gasteiger partial charge in [-0.2, -0.15) is 0 Å². The third-order valence-corrected chi connectivity index (χ3v) is 4.96. The van der Waals surface area contributed by atoms with Gasteiger partial charge in [-0.3, -0.25) is 14.3 Å². The molecular weight excluding hydrogens is 382 g/mol. The SMILES string of the molecule is CN(CC(O)CNC(=O)C1C=CCC1)C(=O)Cc1cccc(NS(C)(=O)=O)c1. The molecule has 8 nitrogen and oxygen atoms in total. The Morgan fingerprint density at radius 3 is 2.75 bits per heavy atom. The molecule has 2 amide bonds. The molecule has 0 radical (unpaired) electrons. The van der Waals surface area contributed by atoms with Gasteiger partial charge in [-0.15, -0.1) is 0 Å². The van der Waals surface area contributed by atoms with Crippen molar-refractivity contribution in [2.45, 2.75) is 25.4 Å². The van der Waals surface area contributed by atoms with E-state index in [-0.39, 0.29) is 37.2 Å². The van der Waals surface area contributed by atoms with Crippen LogP contribution in [-0.2, 0) is 26.0 Å². The molecule has 0 bridgehead atoms. The van der Waals surface area contributed by atoms with Crippen molar-refractivity contribution in [1.82, 2.24) is 10.2 Å². The van der Waals surface area contributed by atoms with Crippen LogP contribution in [0.4, 0.5) is 5.69 Å². The minimum Gasteiger partial charge on any atom is -0.389 e. The van der Waals surface area contributed by atoms with E-state index < -0.39 is 16.1 Å². The van der Waals surface area contributed by atoms with Crippen LogP contribution in [0.1, 0.15) is 18.4 Å². The van der Waals surface area contributed by atoms with Crippen LogP contribution in [0.15, 0.2) is 36.4 Å². The van der Waals surface area contributed by atoms with Crippen LogP contribution in [0.25, 0.3) is 0 Å². The van der Waals surface area contributed by atoms with E-state index in [2.05, 4.69) is 10.0 Å². The lowest BCUT2D eigenvalue weighted by molar-refractivity contribution is -0.130. The number of carbonyl (C=O) groups is 2. The second-order valence-electron chi connectivity index (χ2n) is 7.04. The van der Waals surface area contributed by atoms with Crippen LogP contribution in [0.3, 0.4) is 0 Å². The predicted octanol–water partition coefficient (Wildman–Crippen LogP) is 0.502. The monoisotopic (exact) mass is 409 g/mol. The fourth-order valence-electron chi connectivity index (χ4n) is 2.95. The Morgan fingerprint density at radius 2 is 2.11 bits per heavy atom. The molecule has 0 aliphatic heterocycles. The van der Waals surface area contributed by atoms with E-state index in [1.807, 2.05) is 12.2 Å². The lowest BCUT2D eigenvalue weighted by atomic mass is 10.1. The number of likely N-dealkylation sites (N-methyl/N-ethyl adjacent to an activating group) is 1. The van der Waals surface area contributed by atoms with Crippen molar-refractivity contribution in [2.75, 3.05) is 31.1 Å². The van der Waals surface area contributed by atoms with E-state index >= 15 is 0 Å². The molecular formula is C19H27N3O5S. The number of hydrogen-bond donors (Lipinski definition) is 3. The highest BCUT2D eigenvalue weighted by atomic mass is 32.2. The smallest absolute Gasteiger partial charge is 0.229 e. The third-order valence-electron chi connectivity index (χ3n) is 4.36. The molecule has 2 atom stereocenters. The Bertz CT molecular complexity index is 838. The van der Waals surface area contributed by atoms with E-state index in [1.54, 1.807) is 31.3 Å². The molecule has 1 aromatic rings. The van der Waals surface area contributed by atoms with Gasteiger partial charge in [-0.05, 0) is 30.5 Å². The van der Waals surface area contributed by atoms with Gasteiger partial charge in [0.05, 0.1) is 24.7 Å². The zero-order chi connectivity index (χ0) is 20.7. The highest BCUT2D eigenvalue weighted by molar-refractivity contribution is 7.92. The Balaban J connectivity index is 1.81. The topological polar surface area (TPSA) is 116 Å². The molecule has 3 N–H and O–H groups in total. The maximum atomic E-state index is 12.4. The maximum absolute atomic E-state index is 12.4. The first-order valence-electron chi connectivity index (χ1n) is 9.07. The van der Waals surface area contributed by atoms with Gasteiger partial charge in [0, 0.05) is 25.8 Å². The highest BCUT2D eigenvalue weighted by Gasteiger charge is 2.20. The van der Waals surface area contributed by atoms with Crippen molar-refractivity contribution < 1.29 is 23.1 Å². The first kappa shape index (κ1) is 21.9. The number of sulfonamides is 1. The number of benzene rings is 1. The number of hydrogen-bond acceptors (Lipinski definition) is 5. The van der Waals surface area contributed by atoms with E-state index in [9.17, 15) is 23.1 Å². The van der Waals surface area contributed by atoms with Gasteiger partial charge in [-0.25, -0.2) is 8.42 Å². The summed E-state index contributed by atoms with van der Waals surface area (Å²) >= 11 is 0. The highest BCUT2D eigenvalue weighted by Crippen LogP contribution is 2.16. The molecule has 0 saturated heterocycles. The van der Waals surface area contributed by atoms with Crippen molar-refractivity contribution in [1.29, 1.82) is 0 Å². The largest absolute Gasteiger partial charge is 0.389 e. The number of rotatable bonds is 9. The number of allylic oxidation sites excluding steroid dienone is 1. The summed E-state index contributed by atoms with van der Waals surface area (Å²) in [6.07, 6.45) is 5.76. The molecule has 2 rings (SSSR count). The minimum atomic E-state index is -3.39. The summed E-state index contributed by atoms with van der Waals surface area (Å²) < 4.78 is 25.0. The van der Waals surface area contributed by atoms with Crippen LogP contribution in [-0.4, -0.2) is 62.7 Å². The predicted molar refractivity (Wildman–Crippen MR) is 107 cm³/mol. The van der Waals surface area contributed by atoms with Crippen molar-refractivity contribution in [3.05, 3.63) is 42.0 Å². The molecule has 9 heteroatoms. The number of anilines is 1. The van der Waals surface area contributed by atoms with Gasteiger partial charge in [0.2, 0.25) is 21.8 Å². The van der Waals surface area contributed by atoms with Crippen molar-refractivity contribution in [2.24, 2.45) is 5.92 Å². The number of amides is 2. The summed E-state index contributed by atoms with van der Waals surface area (Å²) in [6.45, 7) is 0.162. The van der Waals surface area contributed by atoms with E-state index in [1.165, 1.54) is 4.90 Å². The number of carbonyl (C=O) groups excluding carboxylic acids is 2. The van der Waals surface area contributed by atoms with Gasteiger partial charge in [-0.1, -0.05) is 24.3 Å². The normalized spacial score (nSPS) is 17.2. The zero-order valence-corrected chi connectivity index (χ0v) is 16.9. The fraction of sp³-hybridized carbons (Fsp3) is 0.474. The molecule has 0 aromatic heterocycles. The molecule has 2 unspecified atom stereocenters. The first-order chi connectivity index (χ1) is 13.1. The van der Waals surface area contributed by atoms with Crippen LogP contribution in [0.5, 0.6) is 0 Å². The quantitative estimate of drug-likeness (QED) is 0.514. The molecule has 1 aromatic carbocycles. The standard InChI is InChI=1S/C19H27N3O5S/c1-22(13-17(23)12-20-19(25)15-7-3-4-8-15)18(24)11-14-6-5-9-16(10-14)21-28(2,26)27/h3,5-7,9-10,15,17,21,23H,4,8,11-13H2,1-2H3,(H,20,25). The number of nitrogens with zero attached hydrogens (tertiary/aromatic N) is 1. The number of nitrogens with one attached hydrogen (secondary N) is 2. The van der Waals surface area contributed by atoms with Crippen molar-refractivity contribution >= 4 is 27.5 Å². The average Bonchev–Trinajstić information content (AvgIpc) is 3.13. The molecule has 28 heavy (non-hydrogen) atoms. The average molecular weight is 410 g/mol. The Kier molecular flexibility index (Phi) is 7.59. The molecule has 1 aliphatic carbocycles. The van der Waals surface area contributed by atoms with Crippen LogP contribution < -0.4 is 10.0 Å². The van der Waals surface area contributed by atoms with E-state index in [0.29, 0.717) is 11.3 Å². The Morgan fingerprint density at radius 1 is 1.36 bits per heavy atom. The summed E-state index contributed by atoms with van der Waals surface area (Å²) in [4.78, 5) is 25.7. The summed E-state index contributed by atoms with van der Waals surface area (Å²) in [5.41, 5.74) is 1.04. The fourth-order valence-corrected chi connectivity index (χ4v) is 3.51. The van der Waals surface area contributed by atoms with Crippen LogP contribution >= 0.6 is 0 Å². The molecule has 0 fully saturated rings. The Hall–Kier alpha value is -2.39. The summed E-state index contributed by atoms with van der Waals surface area (Å²) in [7, 11) is -1.82. The number of aliphatic hydroxyl groups is 1. The van der Waals surface area contributed by atoms with Gasteiger partial charge in [0.15, 0.2) is 0 Å². The molecule has 0 saturated carbocycles. The number of aliphatic hydroxyl groups excluding tert-OH is 1. The molecule has 0 spiro atoms.